The fourth-order valence-corrected chi connectivity index (χ4v) is 3.48. The van der Waals surface area contributed by atoms with E-state index in [0.29, 0.717) is 10.8 Å². The smallest absolute Gasteiger partial charge is 0.418 e. The van der Waals surface area contributed by atoms with E-state index in [-0.39, 0.29) is 18.4 Å². The van der Waals surface area contributed by atoms with E-state index in [9.17, 15) is 9.59 Å². The summed E-state index contributed by atoms with van der Waals surface area (Å²) in [7, 11) is 0. The Hall–Kier alpha value is -0.530. The summed E-state index contributed by atoms with van der Waals surface area (Å²) >= 11 is 24.3. The zero-order valence-corrected chi connectivity index (χ0v) is 15.7. The van der Waals surface area contributed by atoms with Crippen LogP contribution in [0.2, 0.25) is 0 Å². The van der Waals surface area contributed by atoms with E-state index in [1.54, 1.807) is 13.0 Å². The van der Waals surface area contributed by atoms with Crippen molar-refractivity contribution < 1.29 is 14.3 Å². The minimum Gasteiger partial charge on any atom is -0.444 e. The van der Waals surface area contributed by atoms with Crippen LogP contribution in [0.25, 0.3) is 0 Å². The Morgan fingerprint density at radius 3 is 2.78 bits per heavy atom. The number of halogens is 4. The molecule has 1 unspecified atom stereocenters. The Bertz CT molecular complexity index is 613. The molecule has 2 amide bonds. The number of hydrogen-bond acceptors (Lipinski definition) is 4. The lowest BCUT2D eigenvalue weighted by Crippen LogP contribution is -2.31. The highest BCUT2D eigenvalue weighted by Gasteiger charge is 2.29. The summed E-state index contributed by atoms with van der Waals surface area (Å²) in [5.41, 5.74) is 0.750. The van der Waals surface area contributed by atoms with Crippen molar-refractivity contribution in [2.75, 3.05) is 12.4 Å². The molecule has 0 spiro atoms. The molecule has 2 heterocycles. The summed E-state index contributed by atoms with van der Waals surface area (Å²) in [5, 5.41) is 3.18. The van der Waals surface area contributed by atoms with Gasteiger partial charge in [0.15, 0.2) is 0 Å². The zero-order chi connectivity index (χ0) is 17.2. The minimum absolute atomic E-state index is 0.0481. The molecule has 0 saturated carbocycles. The third-order valence-electron chi connectivity index (χ3n) is 2.91. The van der Waals surface area contributed by atoms with Crippen LogP contribution in [0, 0.1) is 5.92 Å². The molecule has 0 radical (unpaired) electrons. The third-order valence-corrected chi connectivity index (χ3v) is 4.84. The average Bonchev–Trinajstić information content (AvgIpc) is 2.44. The van der Waals surface area contributed by atoms with Crippen LogP contribution in [-0.4, -0.2) is 33.1 Å². The lowest BCUT2D eigenvalue weighted by molar-refractivity contribution is -0.117. The fourth-order valence-electron chi connectivity index (χ4n) is 1.95. The van der Waals surface area contributed by atoms with Crippen LogP contribution in [0.5, 0.6) is 0 Å². The monoisotopic (exact) mass is 416 g/mol. The molecule has 2 aliphatic heterocycles. The first-order valence-electron chi connectivity index (χ1n) is 6.38. The molecule has 10 heteroatoms. The maximum atomic E-state index is 11.9. The summed E-state index contributed by atoms with van der Waals surface area (Å²) in [6, 6.07) is 0. The summed E-state index contributed by atoms with van der Waals surface area (Å²) in [6.07, 6.45) is 3.99. The van der Waals surface area contributed by atoms with Crippen molar-refractivity contribution in [3.63, 3.8) is 0 Å². The van der Waals surface area contributed by atoms with Gasteiger partial charge in [0.1, 0.15) is 6.61 Å². The molecule has 0 saturated heterocycles. The van der Waals surface area contributed by atoms with Gasteiger partial charge in [0, 0.05) is 34.0 Å². The predicted molar refractivity (Wildman–Crippen MR) is 93.3 cm³/mol. The van der Waals surface area contributed by atoms with E-state index < -0.39 is 9.89 Å². The van der Waals surface area contributed by atoms with Gasteiger partial charge in [0.2, 0.25) is 9.70 Å². The molecule has 126 valence electrons. The van der Waals surface area contributed by atoms with E-state index in [4.69, 9.17) is 51.1 Å². The van der Waals surface area contributed by atoms with Crippen molar-refractivity contribution in [3.8, 4) is 0 Å². The lowest BCUT2D eigenvalue weighted by atomic mass is 10.1. The maximum Gasteiger partial charge on any atom is 0.418 e. The van der Waals surface area contributed by atoms with E-state index in [1.807, 2.05) is 0 Å². The number of amides is 2. The quantitative estimate of drug-likeness (QED) is 0.686. The Labute approximate surface area is 157 Å². The number of allylic oxidation sites excluding steroid dienone is 4. The molecule has 0 aromatic rings. The Balaban J connectivity index is 2.06. The van der Waals surface area contributed by atoms with E-state index >= 15 is 0 Å². The maximum absolute atomic E-state index is 11.9. The van der Waals surface area contributed by atoms with E-state index in [2.05, 4.69) is 5.32 Å². The number of nitrogens with zero attached hydrogens (tertiary/aromatic N) is 1. The number of carbonyl (C=O) groups excluding carboxylic acids is 2. The normalized spacial score (nSPS) is 22.0. The van der Waals surface area contributed by atoms with Crippen molar-refractivity contribution in [3.05, 3.63) is 34.1 Å². The first-order chi connectivity index (χ1) is 10.7. The second-order valence-corrected chi connectivity index (χ2v) is 8.71. The van der Waals surface area contributed by atoms with Crippen LogP contribution >= 0.6 is 58.2 Å². The summed E-state index contributed by atoms with van der Waals surface area (Å²) < 4.78 is 3.20. The van der Waals surface area contributed by atoms with E-state index in [1.165, 1.54) is 24.2 Å². The minimum atomic E-state index is -1.68. The molecule has 5 nitrogen and oxygen atoms in total. The van der Waals surface area contributed by atoms with Crippen LogP contribution in [0.1, 0.15) is 6.92 Å². The summed E-state index contributed by atoms with van der Waals surface area (Å²) in [5.74, 6) is 0.0588. The third kappa shape index (κ3) is 5.22. The highest BCUT2D eigenvalue weighted by molar-refractivity contribution is 8.03. The van der Waals surface area contributed by atoms with Gasteiger partial charge in [-0.2, -0.15) is 0 Å². The van der Waals surface area contributed by atoms with Gasteiger partial charge in [0.05, 0.1) is 5.75 Å². The summed E-state index contributed by atoms with van der Waals surface area (Å²) in [4.78, 5) is 25.3. The fraction of sp³-hybridized carbons (Fsp3) is 0.385. The highest BCUT2D eigenvalue weighted by Crippen LogP contribution is 2.38. The molecule has 0 bridgehead atoms. The molecule has 1 atom stereocenters. The molecule has 2 aliphatic rings. The number of nitrogens with one attached hydrogen (secondary N) is 1. The van der Waals surface area contributed by atoms with Crippen LogP contribution in [0.3, 0.4) is 0 Å². The SMILES string of the molecule is CC1=C(C2C=CN(C(=O)OCC(Cl)(Cl)Cl)C=C2Cl)SCC(=O)N1. The molecule has 0 fully saturated rings. The van der Waals surface area contributed by atoms with Crippen molar-refractivity contribution >= 4 is 70.2 Å². The largest absolute Gasteiger partial charge is 0.444 e. The highest BCUT2D eigenvalue weighted by atomic mass is 35.6. The lowest BCUT2D eigenvalue weighted by Gasteiger charge is -2.27. The Morgan fingerprint density at radius 2 is 2.22 bits per heavy atom. The number of rotatable bonds is 2. The van der Waals surface area contributed by atoms with Gasteiger partial charge in [-0.05, 0) is 6.92 Å². The average molecular weight is 418 g/mol. The molecular weight excluding hydrogens is 406 g/mol. The van der Waals surface area contributed by atoms with Crippen LogP contribution in [-0.2, 0) is 9.53 Å². The van der Waals surface area contributed by atoms with Gasteiger partial charge in [-0.25, -0.2) is 4.79 Å². The molecule has 2 rings (SSSR count). The van der Waals surface area contributed by atoms with Crippen molar-refractivity contribution in [2.24, 2.45) is 5.92 Å². The predicted octanol–water partition coefficient (Wildman–Crippen LogP) is 4.11. The molecule has 23 heavy (non-hydrogen) atoms. The van der Waals surface area contributed by atoms with Crippen molar-refractivity contribution in [1.82, 2.24) is 10.2 Å². The zero-order valence-electron chi connectivity index (χ0n) is 11.8. The molecule has 0 aliphatic carbocycles. The summed E-state index contributed by atoms with van der Waals surface area (Å²) in [6.45, 7) is 1.43. The van der Waals surface area contributed by atoms with Crippen molar-refractivity contribution in [2.45, 2.75) is 10.7 Å². The molecule has 0 aromatic heterocycles. The number of thioether (sulfide) groups is 1. The number of carbonyl (C=O) groups is 2. The van der Waals surface area contributed by atoms with Gasteiger partial charge >= 0.3 is 6.09 Å². The second kappa shape index (κ2) is 7.57. The Kier molecular flexibility index (Phi) is 6.19. The number of hydrogen-bond donors (Lipinski definition) is 1. The van der Waals surface area contributed by atoms with Gasteiger partial charge < -0.3 is 10.1 Å². The van der Waals surface area contributed by atoms with Crippen molar-refractivity contribution in [1.29, 1.82) is 0 Å². The van der Waals surface area contributed by atoms with Gasteiger partial charge in [-0.1, -0.05) is 52.5 Å². The van der Waals surface area contributed by atoms with Crippen LogP contribution in [0.15, 0.2) is 34.1 Å². The number of alkyl halides is 3. The van der Waals surface area contributed by atoms with Gasteiger partial charge in [-0.3, -0.25) is 9.69 Å². The standard InChI is InChI=1S/C13H12Cl4N2O3S/c1-7-11(23-5-10(20)18-7)8-2-3-19(4-9(8)14)12(21)22-6-13(15,16)17/h2-4,8H,5-6H2,1H3,(H,18,20). The van der Waals surface area contributed by atoms with Crippen LogP contribution < -0.4 is 5.32 Å². The van der Waals surface area contributed by atoms with E-state index in [0.717, 1.165) is 15.5 Å². The number of ether oxygens (including phenoxy) is 1. The first-order valence-corrected chi connectivity index (χ1v) is 8.88. The Morgan fingerprint density at radius 1 is 1.52 bits per heavy atom. The van der Waals surface area contributed by atoms with Crippen LogP contribution in [0.4, 0.5) is 4.79 Å². The second-order valence-electron chi connectivity index (χ2n) is 4.74. The molecular formula is C13H12Cl4N2O3S. The molecule has 0 aromatic carbocycles. The molecule has 1 N–H and O–H groups in total. The first kappa shape index (κ1) is 18.8. The van der Waals surface area contributed by atoms with Gasteiger partial charge in [-0.15, -0.1) is 11.8 Å². The topological polar surface area (TPSA) is 58.6 Å². The van der Waals surface area contributed by atoms with Gasteiger partial charge in [0.25, 0.3) is 0 Å².